The maximum atomic E-state index is 13.2. The van der Waals surface area contributed by atoms with Crippen molar-refractivity contribution in [3.05, 3.63) is 101 Å². The van der Waals surface area contributed by atoms with Gasteiger partial charge in [-0.2, -0.15) is 5.26 Å². The maximum Gasteiger partial charge on any atom is 0.263 e. The normalized spacial score (nSPS) is 10.4. The van der Waals surface area contributed by atoms with E-state index in [1.54, 1.807) is 47.4 Å². The van der Waals surface area contributed by atoms with E-state index in [0.29, 0.717) is 22.5 Å². The van der Waals surface area contributed by atoms with Crippen LogP contribution < -0.4 is 5.56 Å². The Morgan fingerprint density at radius 3 is 2.38 bits per heavy atom. The fourth-order valence-electron chi connectivity index (χ4n) is 2.95. The molecule has 2 aromatic carbocycles. The average molecular weight is 338 g/mol. The van der Waals surface area contributed by atoms with Crippen LogP contribution in [-0.4, -0.2) is 4.57 Å². The van der Waals surface area contributed by atoms with Crippen LogP contribution in [0.15, 0.2) is 94.5 Å². The molecule has 0 unspecified atom stereocenters. The van der Waals surface area contributed by atoms with Gasteiger partial charge in [-0.3, -0.25) is 9.36 Å². The zero-order chi connectivity index (χ0) is 17.9. The van der Waals surface area contributed by atoms with Crippen molar-refractivity contribution in [2.75, 3.05) is 0 Å². The Hall–Kier alpha value is -3.84. The first-order valence-electron chi connectivity index (χ1n) is 8.13. The van der Waals surface area contributed by atoms with E-state index in [0.717, 1.165) is 11.3 Å². The van der Waals surface area contributed by atoms with E-state index in [4.69, 9.17) is 4.42 Å². The minimum absolute atomic E-state index is 0.186. The van der Waals surface area contributed by atoms with Crippen LogP contribution in [0.4, 0.5) is 0 Å². The molecule has 0 aliphatic heterocycles. The summed E-state index contributed by atoms with van der Waals surface area (Å²) in [6.45, 7) is 0. The number of rotatable bonds is 3. The van der Waals surface area contributed by atoms with Gasteiger partial charge in [0.25, 0.3) is 5.56 Å². The second-order valence-electron chi connectivity index (χ2n) is 5.79. The van der Waals surface area contributed by atoms with E-state index in [-0.39, 0.29) is 5.56 Å². The summed E-state index contributed by atoms with van der Waals surface area (Å²) in [4.78, 5) is 13.2. The van der Waals surface area contributed by atoms with Crippen LogP contribution in [0.2, 0.25) is 0 Å². The predicted molar refractivity (Wildman–Crippen MR) is 99.9 cm³/mol. The Morgan fingerprint density at radius 1 is 0.885 bits per heavy atom. The zero-order valence-electron chi connectivity index (χ0n) is 13.8. The lowest BCUT2D eigenvalue weighted by molar-refractivity contribution is 0.582. The van der Waals surface area contributed by atoms with Crippen LogP contribution in [0.1, 0.15) is 5.56 Å². The highest BCUT2D eigenvalue weighted by Gasteiger charge is 2.15. The average Bonchev–Trinajstić information content (AvgIpc) is 3.24. The van der Waals surface area contributed by atoms with Gasteiger partial charge in [-0.25, -0.2) is 0 Å². The van der Waals surface area contributed by atoms with Crippen molar-refractivity contribution in [3.8, 4) is 34.2 Å². The number of hydrogen-bond acceptors (Lipinski definition) is 3. The molecule has 0 bridgehead atoms. The first-order valence-corrected chi connectivity index (χ1v) is 8.13. The molecule has 0 fully saturated rings. The number of pyridine rings is 1. The largest absolute Gasteiger partial charge is 0.464 e. The first-order chi connectivity index (χ1) is 12.8. The Labute approximate surface area is 150 Å². The fourth-order valence-corrected chi connectivity index (χ4v) is 2.95. The number of furan rings is 1. The summed E-state index contributed by atoms with van der Waals surface area (Å²) >= 11 is 0. The van der Waals surface area contributed by atoms with Crippen molar-refractivity contribution < 1.29 is 4.42 Å². The highest BCUT2D eigenvalue weighted by molar-refractivity contribution is 5.74. The van der Waals surface area contributed by atoms with E-state index in [9.17, 15) is 10.1 Å². The Morgan fingerprint density at radius 2 is 1.65 bits per heavy atom. The van der Waals surface area contributed by atoms with Gasteiger partial charge in [0.15, 0.2) is 0 Å². The summed E-state index contributed by atoms with van der Waals surface area (Å²) in [5.41, 5.74) is 2.86. The van der Waals surface area contributed by atoms with Gasteiger partial charge in [-0.05, 0) is 36.4 Å². The van der Waals surface area contributed by atoms with Crippen LogP contribution >= 0.6 is 0 Å². The number of nitrogens with zero attached hydrogens (tertiary/aromatic N) is 2. The van der Waals surface area contributed by atoms with Crippen molar-refractivity contribution in [2.24, 2.45) is 0 Å². The van der Waals surface area contributed by atoms with Crippen LogP contribution in [0.3, 0.4) is 0 Å². The molecule has 0 amide bonds. The van der Waals surface area contributed by atoms with Crippen molar-refractivity contribution in [2.45, 2.75) is 0 Å². The molecule has 0 saturated carbocycles. The molecule has 0 aliphatic carbocycles. The third-order valence-electron chi connectivity index (χ3n) is 4.19. The van der Waals surface area contributed by atoms with Crippen LogP contribution in [0.5, 0.6) is 0 Å². The second kappa shape index (κ2) is 6.58. The Bertz CT molecular complexity index is 1150. The minimum atomic E-state index is -0.186. The van der Waals surface area contributed by atoms with E-state index >= 15 is 0 Å². The highest BCUT2D eigenvalue weighted by atomic mass is 16.3. The number of hydrogen-bond donors (Lipinski definition) is 0. The summed E-state index contributed by atoms with van der Waals surface area (Å²) in [6, 6.07) is 24.1. The summed E-state index contributed by atoms with van der Waals surface area (Å²) in [7, 11) is 0. The van der Waals surface area contributed by atoms with Gasteiger partial charge in [0.1, 0.15) is 5.76 Å². The molecule has 2 heterocycles. The molecular weight excluding hydrogens is 324 g/mol. The van der Waals surface area contributed by atoms with Gasteiger partial charge >= 0.3 is 0 Å². The Balaban J connectivity index is 2.04. The Kier molecular flexibility index (Phi) is 3.97. The van der Waals surface area contributed by atoms with Crippen LogP contribution in [-0.2, 0) is 0 Å². The lowest BCUT2D eigenvalue weighted by Gasteiger charge is -2.12. The monoisotopic (exact) mass is 338 g/mol. The van der Waals surface area contributed by atoms with Crippen molar-refractivity contribution >= 4 is 0 Å². The third kappa shape index (κ3) is 2.72. The topological polar surface area (TPSA) is 58.9 Å². The standard InChI is InChI=1S/C22H14N2O2/c23-14-16-7-4-5-10-19(16)20-13-17(21-11-6-12-26-21)15-24(22(20)25)18-8-2-1-3-9-18/h1-13,15H. The van der Waals surface area contributed by atoms with Gasteiger partial charge in [0.2, 0.25) is 0 Å². The van der Waals surface area contributed by atoms with Crippen LogP contribution in [0, 0.1) is 11.3 Å². The first kappa shape index (κ1) is 15.7. The predicted octanol–water partition coefficient (Wildman–Crippen LogP) is 4.64. The van der Waals surface area contributed by atoms with Gasteiger partial charge in [0.05, 0.1) is 17.9 Å². The molecule has 4 aromatic rings. The molecule has 0 atom stereocenters. The van der Waals surface area contributed by atoms with Gasteiger partial charge in [0, 0.05) is 28.6 Å². The molecule has 124 valence electrons. The smallest absolute Gasteiger partial charge is 0.263 e. The summed E-state index contributed by atoms with van der Waals surface area (Å²) in [5.74, 6) is 0.658. The molecule has 4 heteroatoms. The summed E-state index contributed by atoms with van der Waals surface area (Å²) < 4.78 is 7.10. The lowest BCUT2D eigenvalue weighted by Crippen LogP contribution is -2.20. The van der Waals surface area contributed by atoms with E-state index in [2.05, 4.69) is 6.07 Å². The number of nitriles is 1. The van der Waals surface area contributed by atoms with Gasteiger partial charge < -0.3 is 4.42 Å². The summed E-state index contributed by atoms with van der Waals surface area (Å²) in [5, 5.41) is 9.43. The number of para-hydroxylation sites is 1. The maximum absolute atomic E-state index is 13.2. The molecule has 0 radical (unpaired) electrons. The molecule has 2 aromatic heterocycles. The van der Waals surface area contributed by atoms with Crippen LogP contribution in [0.25, 0.3) is 28.1 Å². The molecular formula is C22H14N2O2. The van der Waals surface area contributed by atoms with E-state index in [1.807, 2.05) is 42.5 Å². The quantitative estimate of drug-likeness (QED) is 0.547. The molecule has 26 heavy (non-hydrogen) atoms. The summed E-state index contributed by atoms with van der Waals surface area (Å²) in [6.07, 6.45) is 3.35. The van der Waals surface area contributed by atoms with E-state index < -0.39 is 0 Å². The molecule has 0 spiro atoms. The molecule has 0 aliphatic rings. The molecule has 4 rings (SSSR count). The van der Waals surface area contributed by atoms with Crippen molar-refractivity contribution in [1.29, 1.82) is 5.26 Å². The van der Waals surface area contributed by atoms with Crippen molar-refractivity contribution in [1.82, 2.24) is 4.57 Å². The molecule has 0 saturated heterocycles. The van der Waals surface area contributed by atoms with Gasteiger partial charge in [-0.1, -0.05) is 36.4 Å². The number of aromatic nitrogens is 1. The number of benzene rings is 2. The fraction of sp³-hybridized carbons (Fsp3) is 0. The SMILES string of the molecule is N#Cc1ccccc1-c1cc(-c2ccco2)cn(-c2ccccc2)c1=O. The van der Waals surface area contributed by atoms with E-state index in [1.165, 1.54) is 0 Å². The second-order valence-corrected chi connectivity index (χ2v) is 5.79. The minimum Gasteiger partial charge on any atom is -0.464 e. The third-order valence-corrected chi connectivity index (χ3v) is 4.19. The lowest BCUT2D eigenvalue weighted by atomic mass is 9.99. The highest BCUT2D eigenvalue weighted by Crippen LogP contribution is 2.27. The zero-order valence-corrected chi connectivity index (χ0v) is 13.8. The molecule has 0 N–H and O–H groups in total. The molecule has 4 nitrogen and oxygen atoms in total. The van der Waals surface area contributed by atoms with Gasteiger partial charge in [-0.15, -0.1) is 0 Å². The van der Waals surface area contributed by atoms with Crippen molar-refractivity contribution in [3.63, 3.8) is 0 Å².